The summed E-state index contributed by atoms with van der Waals surface area (Å²) >= 11 is 0. The summed E-state index contributed by atoms with van der Waals surface area (Å²) in [7, 11) is 1.26. The number of carbonyl (C=O) groups is 2. The fourth-order valence-electron chi connectivity index (χ4n) is 1.04. The van der Waals surface area contributed by atoms with Crippen LogP contribution in [0.2, 0.25) is 0 Å². The van der Waals surface area contributed by atoms with Crippen LogP contribution in [0.5, 0.6) is 0 Å². The Morgan fingerprint density at radius 3 is 2.79 bits per heavy atom. The van der Waals surface area contributed by atoms with Gasteiger partial charge in [-0.3, -0.25) is 4.79 Å². The number of esters is 1. The summed E-state index contributed by atoms with van der Waals surface area (Å²) in [5.74, 6) is -0.509. The van der Waals surface area contributed by atoms with Crippen molar-refractivity contribution in [2.24, 2.45) is 0 Å². The van der Waals surface area contributed by atoms with Crippen molar-refractivity contribution in [3.63, 3.8) is 0 Å². The number of hydrogen-bond acceptors (Lipinski definition) is 4. The Morgan fingerprint density at radius 1 is 1.57 bits per heavy atom. The second-order valence-electron chi connectivity index (χ2n) is 2.58. The highest BCUT2D eigenvalue weighted by molar-refractivity contribution is 5.92. The van der Waals surface area contributed by atoms with E-state index in [1.165, 1.54) is 25.3 Å². The van der Waals surface area contributed by atoms with Gasteiger partial charge in [-0.2, -0.15) is 5.48 Å². The standard InChI is InChI=1S/C9H9NO4/c1-14-9(12)6-2-3-7(5-11)8(4-6)10-13/h2-5,10,13H,1H3/p+1. The number of benzene rings is 1. The van der Waals surface area contributed by atoms with Gasteiger partial charge in [-0.15, -0.1) is 0 Å². The summed E-state index contributed by atoms with van der Waals surface area (Å²) in [6.07, 6.45) is 0.600. The first-order valence-corrected chi connectivity index (χ1v) is 3.88. The number of hydrogen-bond donors (Lipinski definition) is 2. The molecular formula is C9H10NO4+. The van der Waals surface area contributed by atoms with Crippen molar-refractivity contribution >= 4 is 17.9 Å². The van der Waals surface area contributed by atoms with Gasteiger partial charge in [0, 0.05) is 6.07 Å². The second-order valence-corrected chi connectivity index (χ2v) is 2.58. The lowest BCUT2D eigenvalue weighted by atomic mass is 10.1. The van der Waals surface area contributed by atoms with Gasteiger partial charge in [-0.05, 0) is 12.1 Å². The molecule has 0 atom stereocenters. The Morgan fingerprint density at radius 2 is 2.29 bits per heavy atom. The Kier molecular flexibility index (Phi) is 3.33. The molecule has 1 aromatic rings. The van der Waals surface area contributed by atoms with Crippen LogP contribution in [-0.4, -0.2) is 24.6 Å². The molecule has 0 aromatic heterocycles. The summed E-state index contributed by atoms with van der Waals surface area (Å²) in [4.78, 5) is 21.6. The molecule has 0 heterocycles. The van der Waals surface area contributed by atoms with Crippen molar-refractivity contribution in [3.8, 4) is 0 Å². The van der Waals surface area contributed by atoms with Crippen molar-refractivity contribution in [2.45, 2.75) is 0 Å². The first-order chi connectivity index (χ1) is 6.72. The largest absolute Gasteiger partial charge is 0.465 e. The molecule has 0 amide bonds. The van der Waals surface area contributed by atoms with Crippen LogP contribution in [0.1, 0.15) is 20.7 Å². The van der Waals surface area contributed by atoms with E-state index in [2.05, 4.69) is 4.74 Å². The van der Waals surface area contributed by atoms with Crippen LogP contribution in [0.4, 0.5) is 5.69 Å². The molecule has 0 bridgehead atoms. The number of quaternary nitrogens is 1. The maximum absolute atomic E-state index is 11.1. The van der Waals surface area contributed by atoms with Gasteiger partial charge in [0.2, 0.25) is 0 Å². The predicted octanol–water partition coefficient (Wildman–Crippen LogP) is -0.130. The lowest BCUT2D eigenvalue weighted by Crippen LogP contribution is -2.74. The fourth-order valence-corrected chi connectivity index (χ4v) is 1.04. The van der Waals surface area contributed by atoms with Gasteiger partial charge in [-0.25, -0.2) is 10.0 Å². The fraction of sp³-hybridized carbons (Fsp3) is 0.111. The molecule has 0 spiro atoms. The quantitative estimate of drug-likeness (QED) is 0.305. The topological polar surface area (TPSA) is 80.2 Å². The SMILES string of the molecule is COC(=O)c1ccc(C=O)c([NH2+]O)c1. The van der Waals surface area contributed by atoms with E-state index in [-0.39, 0.29) is 0 Å². The summed E-state index contributed by atoms with van der Waals surface area (Å²) in [5.41, 5.74) is 1.68. The molecule has 0 unspecified atom stereocenters. The van der Waals surface area contributed by atoms with Gasteiger partial charge in [0.1, 0.15) is 0 Å². The minimum atomic E-state index is -0.509. The third-order valence-corrected chi connectivity index (χ3v) is 1.77. The first-order valence-electron chi connectivity index (χ1n) is 3.88. The molecule has 0 saturated carbocycles. The summed E-state index contributed by atoms with van der Waals surface area (Å²) in [6.45, 7) is 0. The summed E-state index contributed by atoms with van der Waals surface area (Å²) in [6, 6.07) is 4.29. The predicted molar refractivity (Wildman–Crippen MR) is 46.5 cm³/mol. The Labute approximate surface area is 80.3 Å². The Balaban J connectivity index is 3.13. The highest BCUT2D eigenvalue weighted by Gasteiger charge is 2.11. The number of ether oxygens (including phenoxy) is 1. The van der Waals surface area contributed by atoms with Crippen molar-refractivity contribution in [3.05, 3.63) is 29.3 Å². The number of carbonyl (C=O) groups excluding carboxylic acids is 2. The van der Waals surface area contributed by atoms with Crippen molar-refractivity contribution < 1.29 is 25.0 Å². The smallest absolute Gasteiger partial charge is 0.338 e. The van der Waals surface area contributed by atoms with Crippen molar-refractivity contribution in [2.75, 3.05) is 7.11 Å². The molecule has 1 rings (SSSR count). The minimum Gasteiger partial charge on any atom is -0.465 e. The Bertz CT molecular complexity index is 362. The van der Waals surface area contributed by atoms with Gasteiger partial charge in [0.05, 0.1) is 18.2 Å². The van der Waals surface area contributed by atoms with Crippen LogP contribution < -0.4 is 5.48 Å². The van der Waals surface area contributed by atoms with E-state index >= 15 is 0 Å². The number of rotatable bonds is 3. The van der Waals surface area contributed by atoms with E-state index < -0.39 is 5.97 Å². The van der Waals surface area contributed by atoms with E-state index in [1.54, 1.807) is 0 Å². The number of nitrogens with two attached hydrogens (primary N) is 1. The summed E-state index contributed by atoms with van der Waals surface area (Å²) in [5, 5.41) is 8.79. The molecule has 5 heteroatoms. The van der Waals surface area contributed by atoms with Gasteiger partial charge in [-0.1, -0.05) is 0 Å². The van der Waals surface area contributed by atoms with Crippen molar-refractivity contribution in [1.82, 2.24) is 0 Å². The molecule has 14 heavy (non-hydrogen) atoms. The number of aldehydes is 1. The average Bonchev–Trinajstić information content (AvgIpc) is 2.26. The van der Waals surface area contributed by atoms with Gasteiger partial charge in [0.15, 0.2) is 12.0 Å². The molecular weight excluding hydrogens is 186 g/mol. The molecule has 3 N–H and O–H groups in total. The van der Waals surface area contributed by atoms with Crippen LogP contribution in [0.3, 0.4) is 0 Å². The molecule has 0 aliphatic rings. The van der Waals surface area contributed by atoms with Crippen LogP contribution in [-0.2, 0) is 4.74 Å². The molecule has 0 radical (unpaired) electrons. The highest BCUT2D eigenvalue weighted by atomic mass is 16.5. The molecule has 0 fully saturated rings. The van der Waals surface area contributed by atoms with Crippen LogP contribution in [0.25, 0.3) is 0 Å². The normalized spacial score (nSPS) is 9.57. The lowest BCUT2D eigenvalue weighted by Gasteiger charge is -2.01. The zero-order valence-corrected chi connectivity index (χ0v) is 7.56. The average molecular weight is 196 g/mol. The second kappa shape index (κ2) is 4.50. The number of methoxy groups -OCH3 is 1. The highest BCUT2D eigenvalue weighted by Crippen LogP contribution is 2.11. The van der Waals surface area contributed by atoms with Gasteiger partial charge >= 0.3 is 5.97 Å². The lowest BCUT2D eigenvalue weighted by molar-refractivity contribution is -0.825. The van der Waals surface area contributed by atoms with Gasteiger partial charge in [0.25, 0.3) is 0 Å². The van der Waals surface area contributed by atoms with E-state index in [1.807, 2.05) is 0 Å². The van der Waals surface area contributed by atoms with Crippen molar-refractivity contribution in [1.29, 1.82) is 0 Å². The maximum atomic E-state index is 11.1. The molecule has 0 aliphatic carbocycles. The Hall–Kier alpha value is -1.72. The minimum absolute atomic E-state index is 0.290. The molecule has 5 nitrogen and oxygen atoms in total. The zero-order chi connectivity index (χ0) is 10.6. The third-order valence-electron chi connectivity index (χ3n) is 1.77. The van der Waals surface area contributed by atoms with E-state index in [9.17, 15) is 9.59 Å². The van der Waals surface area contributed by atoms with Crippen LogP contribution >= 0.6 is 0 Å². The monoisotopic (exact) mass is 196 g/mol. The molecule has 0 saturated heterocycles. The summed E-state index contributed by atoms with van der Waals surface area (Å²) < 4.78 is 4.49. The molecule has 1 aromatic carbocycles. The molecule has 74 valence electrons. The van der Waals surface area contributed by atoms with Crippen LogP contribution in [0.15, 0.2) is 18.2 Å². The maximum Gasteiger partial charge on any atom is 0.338 e. The van der Waals surface area contributed by atoms with E-state index in [4.69, 9.17) is 5.21 Å². The van der Waals surface area contributed by atoms with E-state index in [0.29, 0.717) is 23.1 Å². The zero-order valence-electron chi connectivity index (χ0n) is 7.56. The van der Waals surface area contributed by atoms with Crippen LogP contribution in [0, 0.1) is 0 Å². The first kappa shape index (κ1) is 10.4. The van der Waals surface area contributed by atoms with Gasteiger partial charge < -0.3 is 4.74 Å². The third kappa shape index (κ3) is 1.95. The van der Waals surface area contributed by atoms with E-state index in [0.717, 1.165) is 5.48 Å². The molecule has 0 aliphatic heterocycles.